The van der Waals surface area contributed by atoms with E-state index in [2.05, 4.69) is 16.9 Å². The van der Waals surface area contributed by atoms with Crippen LogP contribution in [-0.2, 0) is 0 Å². The monoisotopic (exact) mass is 166 g/mol. The van der Waals surface area contributed by atoms with Crippen molar-refractivity contribution in [1.82, 2.24) is 10.3 Å². The van der Waals surface area contributed by atoms with Gasteiger partial charge in [0.2, 0.25) is 5.89 Å². The lowest BCUT2D eigenvalue weighted by Gasteiger charge is -2.06. The Balaban J connectivity index is 2.52. The van der Waals surface area contributed by atoms with Crippen molar-refractivity contribution in [3.8, 4) is 0 Å². The first-order valence-electron chi connectivity index (χ1n) is 4.00. The minimum atomic E-state index is 0.150. The standard InChI is InChI=1S/C9H14N2O/c1-4-5-10-8(3)9-11-6-7(2)12-9/h4,6,8,10H,1,5H2,2-3H3. The van der Waals surface area contributed by atoms with Crippen LogP contribution in [0.2, 0.25) is 0 Å². The van der Waals surface area contributed by atoms with Crippen LogP contribution in [0.1, 0.15) is 24.6 Å². The van der Waals surface area contributed by atoms with E-state index in [0.717, 1.165) is 18.2 Å². The number of oxazole rings is 1. The number of hydrogen-bond donors (Lipinski definition) is 1. The van der Waals surface area contributed by atoms with Gasteiger partial charge < -0.3 is 9.73 Å². The molecule has 1 heterocycles. The first kappa shape index (κ1) is 9.00. The van der Waals surface area contributed by atoms with E-state index in [9.17, 15) is 0 Å². The molecule has 0 saturated carbocycles. The summed E-state index contributed by atoms with van der Waals surface area (Å²) in [6.45, 7) is 8.28. The Labute approximate surface area is 72.5 Å². The molecule has 0 aliphatic rings. The van der Waals surface area contributed by atoms with Gasteiger partial charge in [0.15, 0.2) is 0 Å². The smallest absolute Gasteiger partial charge is 0.211 e. The zero-order chi connectivity index (χ0) is 8.97. The average molecular weight is 166 g/mol. The summed E-state index contributed by atoms with van der Waals surface area (Å²) in [5.74, 6) is 1.58. The van der Waals surface area contributed by atoms with Crippen molar-refractivity contribution in [3.63, 3.8) is 0 Å². The van der Waals surface area contributed by atoms with Crippen LogP contribution >= 0.6 is 0 Å². The maximum atomic E-state index is 5.33. The van der Waals surface area contributed by atoms with Crippen molar-refractivity contribution < 1.29 is 4.42 Å². The van der Waals surface area contributed by atoms with Gasteiger partial charge in [-0.2, -0.15) is 0 Å². The Bertz CT molecular complexity index is 255. The van der Waals surface area contributed by atoms with Crippen LogP contribution in [0.3, 0.4) is 0 Å². The minimum Gasteiger partial charge on any atom is -0.444 e. The largest absolute Gasteiger partial charge is 0.444 e. The molecule has 3 nitrogen and oxygen atoms in total. The van der Waals surface area contributed by atoms with Gasteiger partial charge in [0.25, 0.3) is 0 Å². The van der Waals surface area contributed by atoms with Gasteiger partial charge in [0, 0.05) is 6.54 Å². The molecular formula is C9H14N2O. The normalized spacial score (nSPS) is 12.8. The molecular weight excluding hydrogens is 152 g/mol. The molecule has 0 aliphatic heterocycles. The number of rotatable bonds is 4. The van der Waals surface area contributed by atoms with Crippen molar-refractivity contribution in [2.24, 2.45) is 0 Å². The summed E-state index contributed by atoms with van der Waals surface area (Å²) >= 11 is 0. The molecule has 1 atom stereocenters. The zero-order valence-corrected chi connectivity index (χ0v) is 7.50. The van der Waals surface area contributed by atoms with Gasteiger partial charge in [0.05, 0.1) is 12.2 Å². The fraction of sp³-hybridized carbons (Fsp3) is 0.444. The first-order valence-corrected chi connectivity index (χ1v) is 4.00. The Morgan fingerprint density at radius 1 is 1.83 bits per heavy atom. The van der Waals surface area contributed by atoms with Crippen LogP contribution in [0.25, 0.3) is 0 Å². The van der Waals surface area contributed by atoms with E-state index in [0.29, 0.717) is 0 Å². The molecule has 0 bridgehead atoms. The van der Waals surface area contributed by atoms with Gasteiger partial charge in [-0.1, -0.05) is 6.08 Å². The lowest BCUT2D eigenvalue weighted by atomic mass is 10.3. The van der Waals surface area contributed by atoms with Gasteiger partial charge >= 0.3 is 0 Å². The SMILES string of the molecule is C=CCNC(C)c1ncc(C)o1. The molecule has 0 amide bonds. The van der Waals surface area contributed by atoms with Crippen LogP contribution in [0.5, 0.6) is 0 Å². The van der Waals surface area contributed by atoms with Crippen molar-refractivity contribution >= 4 is 0 Å². The molecule has 1 aromatic heterocycles. The predicted octanol–water partition coefficient (Wildman–Crippen LogP) is 1.82. The molecule has 0 fully saturated rings. The number of nitrogens with one attached hydrogen (secondary N) is 1. The lowest BCUT2D eigenvalue weighted by molar-refractivity contribution is 0.411. The number of nitrogens with zero attached hydrogens (tertiary/aromatic N) is 1. The third-order valence-electron chi connectivity index (χ3n) is 1.58. The molecule has 0 aliphatic carbocycles. The molecule has 0 saturated heterocycles. The Kier molecular flexibility index (Phi) is 3.05. The van der Waals surface area contributed by atoms with Crippen molar-refractivity contribution in [2.75, 3.05) is 6.54 Å². The molecule has 12 heavy (non-hydrogen) atoms. The third kappa shape index (κ3) is 2.20. The van der Waals surface area contributed by atoms with E-state index >= 15 is 0 Å². The summed E-state index contributed by atoms with van der Waals surface area (Å²) in [7, 11) is 0. The van der Waals surface area contributed by atoms with Crippen LogP contribution in [0.15, 0.2) is 23.3 Å². The van der Waals surface area contributed by atoms with E-state index in [1.807, 2.05) is 19.9 Å². The summed E-state index contributed by atoms with van der Waals surface area (Å²) in [5, 5.41) is 3.19. The highest BCUT2D eigenvalue weighted by atomic mass is 16.4. The number of aromatic nitrogens is 1. The Hall–Kier alpha value is -1.09. The molecule has 0 aromatic carbocycles. The van der Waals surface area contributed by atoms with Crippen molar-refractivity contribution in [3.05, 3.63) is 30.5 Å². The molecule has 1 unspecified atom stereocenters. The zero-order valence-electron chi connectivity index (χ0n) is 7.50. The highest BCUT2D eigenvalue weighted by Crippen LogP contribution is 2.10. The number of hydrogen-bond acceptors (Lipinski definition) is 3. The van der Waals surface area contributed by atoms with Gasteiger partial charge in [-0.25, -0.2) is 4.98 Å². The number of aryl methyl sites for hydroxylation is 1. The maximum Gasteiger partial charge on any atom is 0.211 e. The first-order chi connectivity index (χ1) is 5.74. The molecule has 1 aromatic rings. The average Bonchev–Trinajstić information content (AvgIpc) is 2.47. The van der Waals surface area contributed by atoms with Gasteiger partial charge in [-0.15, -0.1) is 6.58 Å². The summed E-state index contributed by atoms with van der Waals surface area (Å²) in [6, 6.07) is 0.150. The highest BCUT2D eigenvalue weighted by Gasteiger charge is 2.08. The van der Waals surface area contributed by atoms with Crippen LogP contribution in [0, 0.1) is 6.92 Å². The molecule has 1 N–H and O–H groups in total. The third-order valence-corrected chi connectivity index (χ3v) is 1.58. The molecule has 0 spiro atoms. The topological polar surface area (TPSA) is 38.1 Å². The molecule has 3 heteroatoms. The van der Waals surface area contributed by atoms with E-state index in [-0.39, 0.29) is 6.04 Å². The summed E-state index contributed by atoms with van der Waals surface area (Å²) in [6.07, 6.45) is 3.54. The molecule has 66 valence electrons. The minimum absolute atomic E-state index is 0.150. The van der Waals surface area contributed by atoms with E-state index in [1.54, 1.807) is 6.20 Å². The van der Waals surface area contributed by atoms with Crippen LogP contribution in [-0.4, -0.2) is 11.5 Å². The fourth-order valence-electron chi connectivity index (χ4n) is 0.920. The Morgan fingerprint density at radius 3 is 3.08 bits per heavy atom. The quantitative estimate of drug-likeness (QED) is 0.693. The lowest BCUT2D eigenvalue weighted by Crippen LogP contribution is -2.18. The maximum absolute atomic E-state index is 5.33. The summed E-state index contributed by atoms with van der Waals surface area (Å²) < 4.78 is 5.33. The summed E-state index contributed by atoms with van der Waals surface area (Å²) in [5.41, 5.74) is 0. The van der Waals surface area contributed by atoms with E-state index in [1.165, 1.54) is 0 Å². The fourth-order valence-corrected chi connectivity index (χ4v) is 0.920. The Morgan fingerprint density at radius 2 is 2.58 bits per heavy atom. The van der Waals surface area contributed by atoms with Crippen molar-refractivity contribution in [1.29, 1.82) is 0 Å². The van der Waals surface area contributed by atoms with Gasteiger partial charge in [-0.05, 0) is 13.8 Å². The van der Waals surface area contributed by atoms with Crippen LogP contribution < -0.4 is 5.32 Å². The van der Waals surface area contributed by atoms with Crippen molar-refractivity contribution in [2.45, 2.75) is 19.9 Å². The second-order valence-corrected chi connectivity index (χ2v) is 2.73. The van der Waals surface area contributed by atoms with E-state index in [4.69, 9.17) is 4.42 Å². The summed E-state index contributed by atoms with van der Waals surface area (Å²) in [4.78, 5) is 4.11. The predicted molar refractivity (Wildman–Crippen MR) is 47.9 cm³/mol. The van der Waals surface area contributed by atoms with E-state index < -0.39 is 0 Å². The second kappa shape index (κ2) is 4.07. The molecule has 0 radical (unpaired) electrons. The second-order valence-electron chi connectivity index (χ2n) is 2.73. The highest BCUT2D eigenvalue weighted by molar-refractivity contribution is 4.95. The van der Waals surface area contributed by atoms with Gasteiger partial charge in [0.1, 0.15) is 5.76 Å². The van der Waals surface area contributed by atoms with Crippen LogP contribution in [0.4, 0.5) is 0 Å². The molecule has 1 rings (SSSR count). The van der Waals surface area contributed by atoms with Gasteiger partial charge in [-0.3, -0.25) is 0 Å².